The molecule has 0 spiro atoms. The maximum Gasteiger partial charge on any atom is 0.417 e. The van der Waals surface area contributed by atoms with Crippen LogP contribution in [0, 0.1) is 0 Å². The number of nitrogens with zero attached hydrogens (tertiary/aromatic N) is 1. The molecule has 2 aromatic rings. The third-order valence-electron chi connectivity index (χ3n) is 4.18. The first-order valence-corrected chi connectivity index (χ1v) is 7.75. The highest BCUT2D eigenvalue weighted by atomic mass is 16.6. The Bertz CT molecular complexity index is 684. The molecule has 0 radical (unpaired) electrons. The zero-order chi connectivity index (χ0) is 16.2. The van der Waals surface area contributed by atoms with Crippen LogP contribution >= 0.6 is 0 Å². The summed E-state index contributed by atoms with van der Waals surface area (Å²) in [4.78, 5) is 26.1. The minimum atomic E-state index is -0.543. The molecule has 0 saturated carbocycles. The van der Waals surface area contributed by atoms with E-state index in [1.54, 1.807) is 0 Å². The van der Waals surface area contributed by atoms with Crippen LogP contribution < -0.4 is 0 Å². The van der Waals surface area contributed by atoms with Crippen LogP contribution in [0.2, 0.25) is 0 Å². The fourth-order valence-corrected chi connectivity index (χ4v) is 2.86. The van der Waals surface area contributed by atoms with Crippen LogP contribution in [0.1, 0.15) is 24.0 Å². The summed E-state index contributed by atoms with van der Waals surface area (Å²) in [6.45, 7) is 2.07. The lowest BCUT2D eigenvalue weighted by Gasteiger charge is -2.23. The van der Waals surface area contributed by atoms with Crippen LogP contribution in [-0.2, 0) is 16.0 Å². The Kier molecular flexibility index (Phi) is 4.42. The Morgan fingerprint density at radius 2 is 1.74 bits per heavy atom. The van der Waals surface area contributed by atoms with Crippen molar-refractivity contribution < 1.29 is 14.3 Å². The van der Waals surface area contributed by atoms with Crippen LogP contribution in [0.4, 0.5) is 4.79 Å². The predicted molar refractivity (Wildman–Crippen MR) is 87.0 cm³/mol. The Morgan fingerprint density at radius 3 is 2.39 bits per heavy atom. The number of amides is 2. The zero-order valence-corrected chi connectivity index (χ0v) is 13.0. The van der Waals surface area contributed by atoms with Crippen molar-refractivity contribution in [2.75, 3.05) is 6.61 Å². The van der Waals surface area contributed by atoms with Crippen LogP contribution in [0.3, 0.4) is 0 Å². The van der Waals surface area contributed by atoms with Crippen LogP contribution in [-0.4, -0.2) is 29.5 Å². The second kappa shape index (κ2) is 6.65. The number of ether oxygens (including phenoxy) is 1. The molecular weight excluding hydrogens is 290 g/mol. The highest BCUT2D eigenvalue weighted by Crippen LogP contribution is 2.24. The van der Waals surface area contributed by atoms with Gasteiger partial charge in [0.15, 0.2) is 0 Å². The topological polar surface area (TPSA) is 46.6 Å². The molecule has 4 nitrogen and oxygen atoms in total. The molecule has 0 aromatic heterocycles. The fourth-order valence-electron chi connectivity index (χ4n) is 2.86. The van der Waals surface area contributed by atoms with E-state index in [0.717, 1.165) is 11.1 Å². The van der Waals surface area contributed by atoms with E-state index in [-0.39, 0.29) is 24.5 Å². The predicted octanol–water partition coefficient (Wildman–Crippen LogP) is 3.38. The summed E-state index contributed by atoms with van der Waals surface area (Å²) >= 11 is 0. The van der Waals surface area contributed by atoms with Crippen molar-refractivity contribution in [1.29, 1.82) is 0 Å². The van der Waals surface area contributed by atoms with Gasteiger partial charge in [-0.15, -0.1) is 0 Å². The smallest absolute Gasteiger partial charge is 0.417 e. The van der Waals surface area contributed by atoms with Crippen LogP contribution in [0.25, 0.3) is 0 Å². The van der Waals surface area contributed by atoms with E-state index in [4.69, 9.17) is 4.74 Å². The number of carbonyl (C=O) groups excluding carboxylic acids is 2. The van der Waals surface area contributed by atoms with Gasteiger partial charge in [-0.25, -0.2) is 9.69 Å². The first-order valence-electron chi connectivity index (χ1n) is 7.75. The molecule has 1 aliphatic rings. The molecule has 0 N–H and O–H groups in total. The zero-order valence-electron chi connectivity index (χ0n) is 13.0. The number of imide groups is 1. The summed E-state index contributed by atoms with van der Waals surface area (Å²) in [5.41, 5.74) is 1.98. The monoisotopic (exact) mass is 309 g/mol. The molecule has 1 fully saturated rings. The largest absolute Gasteiger partial charge is 0.447 e. The molecule has 2 aromatic carbocycles. The lowest BCUT2D eigenvalue weighted by Crippen LogP contribution is -2.42. The molecule has 23 heavy (non-hydrogen) atoms. The third kappa shape index (κ3) is 3.26. The average Bonchev–Trinajstić information content (AvgIpc) is 2.95. The van der Waals surface area contributed by atoms with E-state index >= 15 is 0 Å². The molecule has 118 valence electrons. The lowest BCUT2D eigenvalue weighted by molar-refractivity contribution is -0.130. The number of hydrogen-bond acceptors (Lipinski definition) is 3. The van der Waals surface area contributed by atoms with Crippen molar-refractivity contribution >= 4 is 12.0 Å². The highest BCUT2D eigenvalue weighted by molar-refractivity contribution is 5.97. The molecule has 1 aliphatic heterocycles. The first-order chi connectivity index (χ1) is 11.2. The quantitative estimate of drug-likeness (QED) is 0.870. The van der Waals surface area contributed by atoms with Crippen molar-refractivity contribution in [3.63, 3.8) is 0 Å². The lowest BCUT2D eigenvalue weighted by atomic mass is 9.98. The summed E-state index contributed by atoms with van der Waals surface area (Å²) < 4.78 is 5.12. The van der Waals surface area contributed by atoms with E-state index in [1.807, 2.05) is 67.6 Å². The van der Waals surface area contributed by atoms with E-state index in [9.17, 15) is 9.59 Å². The number of cyclic esters (lactones) is 1. The summed E-state index contributed by atoms with van der Waals surface area (Å²) in [6, 6.07) is 19.1. The summed E-state index contributed by atoms with van der Waals surface area (Å²) in [6.07, 6.45) is 0.0681. The van der Waals surface area contributed by atoms with Gasteiger partial charge in [-0.05, 0) is 24.5 Å². The minimum Gasteiger partial charge on any atom is -0.447 e. The molecule has 3 rings (SSSR count). The highest BCUT2D eigenvalue weighted by Gasteiger charge is 2.39. The van der Waals surface area contributed by atoms with Gasteiger partial charge >= 0.3 is 6.09 Å². The molecule has 0 bridgehead atoms. The Hall–Kier alpha value is -2.62. The van der Waals surface area contributed by atoms with Gasteiger partial charge in [-0.2, -0.15) is 0 Å². The van der Waals surface area contributed by atoms with Gasteiger partial charge in [-0.3, -0.25) is 4.79 Å². The number of rotatable bonds is 4. The minimum absolute atomic E-state index is 0.209. The van der Waals surface area contributed by atoms with Gasteiger partial charge in [0.2, 0.25) is 5.91 Å². The Labute approximate surface area is 135 Å². The Balaban J connectivity index is 1.78. The van der Waals surface area contributed by atoms with E-state index < -0.39 is 6.09 Å². The standard InChI is InChI=1S/C19H19NO3/c1-14(16-10-6-3-7-11-16)18(21)20-17(13-23-19(20)22)12-15-8-4-2-5-9-15/h2-11,14,17H,12-13H2,1H3/t14-,17-/m1/s1. The number of benzene rings is 2. The van der Waals surface area contributed by atoms with E-state index in [2.05, 4.69) is 0 Å². The molecular formula is C19H19NO3. The van der Waals surface area contributed by atoms with Gasteiger partial charge in [0.05, 0.1) is 12.0 Å². The molecule has 0 unspecified atom stereocenters. The molecule has 1 saturated heterocycles. The SMILES string of the molecule is C[C@@H](C(=O)N1C(=O)OC[C@H]1Cc1ccccc1)c1ccccc1. The first kappa shape index (κ1) is 15.3. The van der Waals surface area contributed by atoms with Crippen molar-refractivity contribution in [3.05, 3.63) is 71.8 Å². The second-order valence-corrected chi connectivity index (χ2v) is 5.76. The van der Waals surface area contributed by atoms with Gasteiger partial charge in [0.25, 0.3) is 0 Å². The molecule has 4 heteroatoms. The van der Waals surface area contributed by atoms with Gasteiger partial charge in [-0.1, -0.05) is 60.7 Å². The number of carbonyl (C=O) groups is 2. The van der Waals surface area contributed by atoms with E-state index in [1.165, 1.54) is 4.90 Å². The van der Waals surface area contributed by atoms with Crippen LogP contribution in [0.15, 0.2) is 60.7 Å². The number of hydrogen-bond donors (Lipinski definition) is 0. The summed E-state index contributed by atoms with van der Waals surface area (Å²) in [5.74, 6) is -0.584. The second-order valence-electron chi connectivity index (χ2n) is 5.76. The molecule has 0 aliphatic carbocycles. The van der Waals surface area contributed by atoms with Gasteiger partial charge in [0, 0.05) is 0 Å². The van der Waals surface area contributed by atoms with Crippen molar-refractivity contribution in [2.45, 2.75) is 25.3 Å². The van der Waals surface area contributed by atoms with Crippen molar-refractivity contribution in [1.82, 2.24) is 4.90 Å². The molecule has 2 amide bonds. The third-order valence-corrected chi connectivity index (χ3v) is 4.18. The van der Waals surface area contributed by atoms with Gasteiger partial charge < -0.3 is 4.74 Å². The summed E-state index contributed by atoms with van der Waals surface area (Å²) in [5, 5.41) is 0. The maximum absolute atomic E-state index is 12.8. The van der Waals surface area contributed by atoms with Crippen LogP contribution in [0.5, 0.6) is 0 Å². The van der Waals surface area contributed by atoms with E-state index in [0.29, 0.717) is 6.42 Å². The summed E-state index contributed by atoms with van der Waals surface area (Å²) in [7, 11) is 0. The normalized spacial score (nSPS) is 18.6. The van der Waals surface area contributed by atoms with Gasteiger partial charge in [0.1, 0.15) is 6.61 Å². The molecule has 2 atom stereocenters. The maximum atomic E-state index is 12.8. The molecule has 1 heterocycles. The van der Waals surface area contributed by atoms with Crippen molar-refractivity contribution in [3.8, 4) is 0 Å². The van der Waals surface area contributed by atoms with Crippen molar-refractivity contribution in [2.24, 2.45) is 0 Å². The Morgan fingerprint density at radius 1 is 1.13 bits per heavy atom. The average molecular weight is 309 g/mol. The fraction of sp³-hybridized carbons (Fsp3) is 0.263.